The van der Waals surface area contributed by atoms with E-state index in [2.05, 4.69) is 10.3 Å². The summed E-state index contributed by atoms with van der Waals surface area (Å²) < 4.78 is -0.0488. The van der Waals surface area contributed by atoms with Crippen LogP contribution in [0, 0.1) is 10.1 Å². The number of anilines is 1. The van der Waals surface area contributed by atoms with Crippen molar-refractivity contribution in [2.75, 3.05) is 18.1 Å². The molecule has 1 aromatic heterocycles. The van der Waals surface area contributed by atoms with Crippen molar-refractivity contribution in [1.29, 1.82) is 0 Å². The van der Waals surface area contributed by atoms with Gasteiger partial charge < -0.3 is 10.4 Å². The SMILES string of the molecule is CSC(C)(C)CNc1cc(C(=O)O)c([N+](=O)[O-])cn1. The zero-order chi connectivity index (χ0) is 14.6. The number of carboxylic acids is 1. The van der Waals surface area contributed by atoms with Crippen LogP contribution in [0.5, 0.6) is 0 Å². The van der Waals surface area contributed by atoms with Crippen molar-refractivity contribution in [1.82, 2.24) is 4.98 Å². The van der Waals surface area contributed by atoms with Gasteiger partial charge >= 0.3 is 11.7 Å². The summed E-state index contributed by atoms with van der Waals surface area (Å²) in [4.78, 5) is 24.7. The van der Waals surface area contributed by atoms with E-state index in [-0.39, 0.29) is 10.3 Å². The van der Waals surface area contributed by atoms with E-state index in [4.69, 9.17) is 5.11 Å². The number of nitrogens with one attached hydrogen (secondary N) is 1. The summed E-state index contributed by atoms with van der Waals surface area (Å²) in [6.07, 6.45) is 2.92. The van der Waals surface area contributed by atoms with Crippen molar-refractivity contribution in [3.05, 3.63) is 27.9 Å². The number of hydrogen-bond acceptors (Lipinski definition) is 6. The van der Waals surface area contributed by atoms with Gasteiger partial charge in [-0.05, 0) is 20.1 Å². The van der Waals surface area contributed by atoms with E-state index >= 15 is 0 Å². The third kappa shape index (κ3) is 4.09. The monoisotopic (exact) mass is 285 g/mol. The zero-order valence-electron chi connectivity index (χ0n) is 10.8. The highest BCUT2D eigenvalue weighted by molar-refractivity contribution is 7.99. The van der Waals surface area contributed by atoms with Crippen LogP contribution in [-0.4, -0.2) is 38.5 Å². The fraction of sp³-hybridized carbons (Fsp3) is 0.455. The van der Waals surface area contributed by atoms with Crippen LogP contribution >= 0.6 is 11.8 Å². The molecule has 104 valence electrons. The average molecular weight is 285 g/mol. The van der Waals surface area contributed by atoms with Crippen LogP contribution in [0.1, 0.15) is 24.2 Å². The summed E-state index contributed by atoms with van der Waals surface area (Å²) >= 11 is 1.65. The van der Waals surface area contributed by atoms with Gasteiger partial charge in [0, 0.05) is 17.4 Å². The smallest absolute Gasteiger partial charge is 0.342 e. The van der Waals surface area contributed by atoms with Crippen molar-refractivity contribution in [3.63, 3.8) is 0 Å². The first kappa shape index (κ1) is 15.2. The maximum atomic E-state index is 11.0. The number of hydrogen-bond donors (Lipinski definition) is 2. The minimum atomic E-state index is -1.35. The molecule has 7 nitrogen and oxygen atoms in total. The molecular weight excluding hydrogens is 270 g/mol. The summed E-state index contributed by atoms with van der Waals surface area (Å²) in [6, 6.07) is 1.18. The Morgan fingerprint density at radius 2 is 2.26 bits per heavy atom. The Balaban J connectivity index is 2.97. The van der Waals surface area contributed by atoms with Crippen LogP contribution in [0.2, 0.25) is 0 Å². The molecule has 0 spiro atoms. The molecular formula is C11H15N3O4S. The zero-order valence-corrected chi connectivity index (χ0v) is 11.7. The van der Waals surface area contributed by atoms with Gasteiger partial charge in [-0.15, -0.1) is 0 Å². The second-order valence-electron chi connectivity index (χ2n) is 4.47. The van der Waals surface area contributed by atoms with E-state index in [1.54, 1.807) is 11.8 Å². The molecule has 19 heavy (non-hydrogen) atoms. The number of carboxylic acid groups (broad SMARTS) is 1. The largest absolute Gasteiger partial charge is 0.477 e. The molecule has 0 aromatic carbocycles. The number of thioether (sulfide) groups is 1. The second-order valence-corrected chi connectivity index (χ2v) is 5.98. The Labute approximate surface area is 114 Å². The van der Waals surface area contributed by atoms with Gasteiger partial charge in [-0.1, -0.05) is 0 Å². The topological polar surface area (TPSA) is 105 Å². The fourth-order valence-corrected chi connectivity index (χ4v) is 1.45. The lowest BCUT2D eigenvalue weighted by Crippen LogP contribution is -2.26. The summed E-state index contributed by atoms with van der Waals surface area (Å²) in [5, 5.41) is 22.6. The molecule has 1 heterocycles. The van der Waals surface area contributed by atoms with Gasteiger partial charge in [-0.3, -0.25) is 10.1 Å². The molecule has 0 saturated carbocycles. The van der Waals surface area contributed by atoms with E-state index < -0.39 is 16.6 Å². The van der Waals surface area contributed by atoms with E-state index in [0.29, 0.717) is 12.4 Å². The van der Waals surface area contributed by atoms with E-state index in [1.807, 2.05) is 20.1 Å². The Morgan fingerprint density at radius 3 is 2.74 bits per heavy atom. The maximum absolute atomic E-state index is 11.0. The second kappa shape index (κ2) is 5.87. The molecule has 2 N–H and O–H groups in total. The van der Waals surface area contributed by atoms with Crippen LogP contribution in [0.4, 0.5) is 11.5 Å². The normalized spacial score (nSPS) is 11.1. The summed E-state index contributed by atoms with van der Waals surface area (Å²) in [6.45, 7) is 4.61. The number of rotatable bonds is 6. The molecule has 0 fully saturated rings. The van der Waals surface area contributed by atoms with Crippen molar-refractivity contribution in [2.45, 2.75) is 18.6 Å². The fourth-order valence-electron chi connectivity index (χ4n) is 1.24. The lowest BCUT2D eigenvalue weighted by Gasteiger charge is -2.22. The minimum Gasteiger partial charge on any atom is -0.477 e. The van der Waals surface area contributed by atoms with Crippen molar-refractivity contribution in [2.24, 2.45) is 0 Å². The molecule has 0 aliphatic rings. The standard InChI is InChI=1S/C11H15N3O4S/c1-11(2,19-3)6-13-9-4-7(10(15)16)8(5-12-9)14(17)18/h4-5H,6H2,1-3H3,(H,12,13)(H,15,16). The van der Waals surface area contributed by atoms with Crippen molar-refractivity contribution >= 4 is 29.2 Å². The van der Waals surface area contributed by atoms with Gasteiger partial charge in [0.2, 0.25) is 0 Å². The Kier molecular flexibility index (Phi) is 4.71. The minimum absolute atomic E-state index is 0.0488. The first-order valence-electron chi connectivity index (χ1n) is 5.43. The van der Waals surface area contributed by atoms with Gasteiger partial charge in [-0.2, -0.15) is 11.8 Å². The van der Waals surface area contributed by atoms with E-state index in [9.17, 15) is 14.9 Å². The summed E-state index contributed by atoms with van der Waals surface area (Å²) in [5.74, 6) is -1.04. The highest BCUT2D eigenvalue weighted by Gasteiger charge is 2.22. The maximum Gasteiger partial charge on any atom is 0.342 e. The molecule has 0 bridgehead atoms. The highest BCUT2D eigenvalue weighted by atomic mass is 32.2. The number of carbonyl (C=O) groups is 1. The molecule has 0 amide bonds. The quantitative estimate of drug-likeness (QED) is 0.609. The van der Waals surface area contributed by atoms with E-state index in [1.165, 1.54) is 6.07 Å². The number of nitro groups is 1. The van der Waals surface area contributed by atoms with Gasteiger partial charge in [0.05, 0.1) is 4.92 Å². The molecule has 0 saturated heterocycles. The van der Waals surface area contributed by atoms with Gasteiger partial charge in [0.1, 0.15) is 17.6 Å². The Hall–Kier alpha value is -1.83. The third-order valence-electron chi connectivity index (χ3n) is 2.56. The summed E-state index contributed by atoms with van der Waals surface area (Å²) in [7, 11) is 0. The molecule has 0 radical (unpaired) electrons. The Bertz CT molecular complexity index is 505. The molecule has 8 heteroatoms. The van der Waals surface area contributed by atoms with Crippen LogP contribution in [0.25, 0.3) is 0 Å². The predicted molar refractivity (Wildman–Crippen MR) is 73.9 cm³/mol. The van der Waals surface area contributed by atoms with Crippen LogP contribution in [0.3, 0.4) is 0 Å². The number of pyridine rings is 1. The lowest BCUT2D eigenvalue weighted by atomic mass is 10.2. The van der Waals surface area contributed by atoms with E-state index in [0.717, 1.165) is 6.20 Å². The van der Waals surface area contributed by atoms with Gasteiger partial charge in [0.15, 0.2) is 0 Å². The third-order valence-corrected chi connectivity index (χ3v) is 3.81. The number of aromatic nitrogens is 1. The molecule has 0 aliphatic carbocycles. The van der Waals surface area contributed by atoms with Crippen molar-refractivity contribution in [3.8, 4) is 0 Å². The first-order valence-corrected chi connectivity index (χ1v) is 6.66. The average Bonchev–Trinajstić information content (AvgIpc) is 2.36. The summed E-state index contributed by atoms with van der Waals surface area (Å²) in [5.41, 5.74) is -0.883. The first-order chi connectivity index (χ1) is 8.76. The van der Waals surface area contributed by atoms with Gasteiger partial charge in [-0.25, -0.2) is 9.78 Å². The molecule has 0 unspecified atom stereocenters. The highest BCUT2D eigenvalue weighted by Crippen LogP contribution is 2.23. The predicted octanol–water partition coefficient (Wildman–Crippen LogP) is 2.24. The Morgan fingerprint density at radius 1 is 1.63 bits per heavy atom. The molecule has 0 atom stereocenters. The number of aromatic carboxylic acids is 1. The van der Waals surface area contributed by atoms with Crippen LogP contribution in [-0.2, 0) is 0 Å². The van der Waals surface area contributed by atoms with Gasteiger partial charge in [0.25, 0.3) is 0 Å². The van der Waals surface area contributed by atoms with Crippen LogP contribution in [0.15, 0.2) is 12.3 Å². The molecule has 1 rings (SSSR count). The van der Waals surface area contributed by atoms with Crippen LogP contribution < -0.4 is 5.32 Å². The number of nitrogens with zero attached hydrogens (tertiary/aromatic N) is 2. The molecule has 1 aromatic rings. The molecule has 0 aliphatic heterocycles. The van der Waals surface area contributed by atoms with Crippen molar-refractivity contribution < 1.29 is 14.8 Å². The lowest BCUT2D eigenvalue weighted by molar-refractivity contribution is -0.385.